The summed E-state index contributed by atoms with van der Waals surface area (Å²) in [6, 6.07) is 0. The van der Waals surface area contributed by atoms with Crippen LogP contribution in [-0.2, 0) is 0 Å². The molecule has 0 radical (unpaired) electrons. The maximum atomic E-state index is 13.2. The van der Waals surface area contributed by atoms with Gasteiger partial charge in [-0.3, -0.25) is 5.41 Å². The Hall–Kier alpha value is -0.510. The van der Waals surface area contributed by atoms with Gasteiger partial charge in [0.25, 0.3) is 0 Å². The highest BCUT2D eigenvalue weighted by atomic mass is 79.9. The second-order valence-electron chi connectivity index (χ2n) is 2.82. The van der Waals surface area contributed by atoms with E-state index in [2.05, 4.69) is 15.9 Å². The van der Waals surface area contributed by atoms with Gasteiger partial charge in [-0.25, -0.2) is 4.39 Å². The average Bonchev–Trinajstić information content (AvgIpc) is 1.85. The van der Waals surface area contributed by atoms with Gasteiger partial charge >= 0.3 is 0 Å². The first kappa shape index (κ1) is 11.5. The minimum Gasteiger partial charge on any atom is -0.303 e. The highest BCUT2D eigenvalue weighted by Gasteiger charge is 2.15. The van der Waals surface area contributed by atoms with Gasteiger partial charge in [0.1, 0.15) is 10.4 Å². The Balaban J connectivity index is 5.08. The summed E-state index contributed by atoms with van der Waals surface area (Å²) in [7, 11) is 0. The molecule has 68 valence electrons. The maximum Gasteiger partial charge on any atom is 0.149 e. The van der Waals surface area contributed by atoms with Crippen molar-refractivity contribution in [3.05, 3.63) is 11.4 Å². The van der Waals surface area contributed by atoms with Gasteiger partial charge < -0.3 is 5.41 Å². The summed E-state index contributed by atoms with van der Waals surface area (Å²) < 4.78 is 13.2. The molecule has 0 bridgehead atoms. The fourth-order valence-corrected chi connectivity index (χ4v) is 1.44. The zero-order valence-corrected chi connectivity index (χ0v) is 8.92. The van der Waals surface area contributed by atoms with Crippen molar-refractivity contribution in [1.29, 1.82) is 10.8 Å². The van der Waals surface area contributed by atoms with Crippen molar-refractivity contribution >= 4 is 26.3 Å². The third kappa shape index (κ3) is 2.85. The summed E-state index contributed by atoms with van der Waals surface area (Å²) in [5, 5.41) is 14.3. The van der Waals surface area contributed by atoms with E-state index >= 15 is 0 Å². The Kier molecular flexibility index (Phi) is 4.31. The fourth-order valence-electron chi connectivity index (χ4n) is 0.805. The first-order valence-corrected chi connectivity index (χ1v) is 4.36. The topological polar surface area (TPSA) is 47.7 Å². The molecule has 0 saturated carbocycles. The van der Waals surface area contributed by atoms with Crippen molar-refractivity contribution in [2.45, 2.75) is 20.8 Å². The molecule has 0 amide bonds. The van der Waals surface area contributed by atoms with Gasteiger partial charge in [0.2, 0.25) is 0 Å². The predicted octanol–water partition coefficient (Wildman–Crippen LogP) is 3.28. The Morgan fingerprint density at radius 2 is 1.75 bits per heavy atom. The first-order valence-electron chi connectivity index (χ1n) is 3.57. The smallest absolute Gasteiger partial charge is 0.149 e. The largest absolute Gasteiger partial charge is 0.303 e. The lowest BCUT2D eigenvalue weighted by molar-refractivity contribution is 0.645. The summed E-state index contributed by atoms with van der Waals surface area (Å²) in [5.74, 6) is -0.691. The molecule has 0 unspecified atom stereocenters. The molecular weight excluding hydrogens is 223 g/mol. The van der Waals surface area contributed by atoms with E-state index in [1.165, 1.54) is 6.92 Å². The lowest BCUT2D eigenvalue weighted by Crippen LogP contribution is -2.07. The van der Waals surface area contributed by atoms with Crippen LogP contribution in [0.15, 0.2) is 11.4 Å². The average molecular weight is 235 g/mol. The van der Waals surface area contributed by atoms with E-state index in [0.717, 1.165) is 0 Å². The first-order chi connectivity index (χ1) is 5.37. The van der Waals surface area contributed by atoms with Crippen LogP contribution >= 0.6 is 15.9 Å². The zero-order valence-electron chi connectivity index (χ0n) is 7.33. The van der Waals surface area contributed by atoms with Gasteiger partial charge in [-0.2, -0.15) is 0 Å². The SMILES string of the molecule is CC(=N)/C(F)=C(\C(=N)Br)C(C)C. The highest BCUT2D eigenvalue weighted by molar-refractivity contribution is 9.18. The van der Waals surface area contributed by atoms with E-state index < -0.39 is 5.83 Å². The van der Waals surface area contributed by atoms with Crippen molar-refractivity contribution in [2.24, 2.45) is 5.92 Å². The second kappa shape index (κ2) is 4.50. The lowest BCUT2D eigenvalue weighted by Gasteiger charge is -2.09. The number of hydrogen-bond donors (Lipinski definition) is 2. The molecule has 4 heteroatoms. The number of hydrogen-bond acceptors (Lipinski definition) is 2. The van der Waals surface area contributed by atoms with Gasteiger partial charge in [-0.1, -0.05) is 13.8 Å². The number of allylic oxidation sites excluding steroid dienone is 2. The summed E-state index contributed by atoms with van der Waals surface area (Å²) in [6.45, 7) is 4.94. The van der Waals surface area contributed by atoms with E-state index in [1.54, 1.807) is 13.8 Å². The molecule has 0 rings (SSSR count). The monoisotopic (exact) mass is 234 g/mol. The summed E-state index contributed by atoms with van der Waals surface area (Å²) in [5.41, 5.74) is 0.116. The Morgan fingerprint density at radius 1 is 1.33 bits per heavy atom. The molecule has 0 aliphatic heterocycles. The third-order valence-corrected chi connectivity index (χ3v) is 1.81. The molecule has 0 heterocycles. The van der Waals surface area contributed by atoms with Gasteiger partial charge in [-0.15, -0.1) is 0 Å². The number of rotatable bonds is 3. The van der Waals surface area contributed by atoms with Gasteiger partial charge in [0, 0.05) is 5.57 Å². The van der Waals surface area contributed by atoms with Crippen molar-refractivity contribution in [3.8, 4) is 0 Å². The summed E-state index contributed by atoms with van der Waals surface area (Å²) in [6.07, 6.45) is 0. The highest BCUT2D eigenvalue weighted by Crippen LogP contribution is 2.20. The van der Waals surface area contributed by atoms with Crippen LogP contribution in [0.3, 0.4) is 0 Å². The quantitative estimate of drug-likeness (QED) is 0.705. The minimum absolute atomic E-state index is 0.0154. The van der Waals surface area contributed by atoms with E-state index in [0.29, 0.717) is 0 Å². The molecule has 0 fully saturated rings. The van der Waals surface area contributed by atoms with Crippen molar-refractivity contribution < 1.29 is 4.39 Å². The molecule has 0 saturated heterocycles. The lowest BCUT2D eigenvalue weighted by atomic mass is 10.0. The molecule has 2 nitrogen and oxygen atoms in total. The van der Waals surface area contributed by atoms with Crippen molar-refractivity contribution in [3.63, 3.8) is 0 Å². The van der Waals surface area contributed by atoms with Crippen LogP contribution in [0.25, 0.3) is 0 Å². The Morgan fingerprint density at radius 3 is 1.83 bits per heavy atom. The van der Waals surface area contributed by atoms with Gasteiger partial charge in [0.15, 0.2) is 0 Å². The molecule has 0 atom stereocenters. The van der Waals surface area contributed by atoms with E-state index in [9.17, 15) is 4.39 Å². The van der Waals surface area contributed by atoms with E-state index in [4.69, 9.17) is 10.8 Å². The van der Waals surface area contributed by atoms with Gasteiger partial charge in [-0.05, 0) is 28.8 Å². The predicted molar refractivity (Wildman–Crippen MR) is 53.0 cm³/mol. The maximum absolute atomic E-state index is 13.2. The third-order valence-electron chi connectivity index (χ3n) is 1.38. The van der Waals surface area contributed by atoms with Crippen LogP contribution in [0.1, 0.15) is 20.8 Å². The van der Waals surface area contributed by atoms with Crippen LogP contribution in [0.4, 0.5) is 4.39 Å². The van der Waals surface area contributed by atoms with Crippen LogP contribution < -0.4 is 0 Å². The molecule has 2 N–H and O–H groups in total. The standard InChI is InChI=1S/C8H12BrFN2/c1-4(2)6(8(9)12)7(10)5(3)11/h4,11-12H,1-3H3/b7-6+,11-5?,12-8?. The molecular formula is C8H12BrFN2. The number of halogens is 2. The van der Waals surface area contributed by atoms with Crippen molar-refractivity contribution in [1.82, 2.24) is 0 Å². The van der Waals surface area contributed by atoms with Crippen LogP contribution in [0.5, 0.6) is 0 Å². The summed E-state index contributed by atoms with van der Waals surface area (Å²) in [4.78, 5) is 0. The van der Waals surface area contributed by atoms with Crippen LogP contribution in [0.2, 0.25) is 0 Å². The zero-order chi connectivity index (χ0) is 9.89. The molecule has 0 aliphatic rings. The minimum atomic E-state index is -0.605. The Labute approximate surface area is 80.0 Å². The summed E-state index contributed by atoms with van der Waals surface area (Å²) >= 11 is 2.90. The number of nitrogens with one attached hydrogen (secondary N) is 2. The molecule has 0 aliphatic carbocycles. The molecule has 0 aromatic heterocycles. The van der Waals surface area contributed by atoms with Crippen molar-refractivity contribution in [2.75, 3.05) is 0 Å². The van der Waals surface area contributed by atoms with Crippen LogP contribution in [-0.4, -0.2) is 10.3 Å². The Bertz CT molecular complexity index is 243. The fraction of sp³-hybridized carbons (Fsp3) is 0.500. The van der Waals surface area contributed by atoms with E-state index in [-0.39, 0.29) is 21.8 Å². The molecule has 0 spiro atoms. The van der Waals surface area contributed by atoms with Gasteiger partial charge in [0.05, 0.1) is 5.71 Å². The molecule has 0 aromatic rings. The normalized spacial score (nSPS) is 12.8. The molecule has 12 heavy (non-hydrogen) atoms. The van der Waals surface area contributed by atoms with Crippen LogP contribution in [0, 0.1) is 16.7 Å². The second-order valence-corrected chi connectivity index (χ2v) is 3.61. The molecule has 0 aromatic carbocycles. The van der Waals surface area contributed by atoms with E-state index in [1.807, 2.05) is 0 Å².